The maximum absolute atomic E-state index is 5.52. The molecule has 0 unspecified atom stereocenters. The van der Waals surface area contributed by atoms with E-state index in [9.17, 15) is 0 Å². The van der Waals surface area contributed by atoms with E-state index in [0.29, 0.717) is 5.82 Å². The molecule has 0 bridgehead atoms. The summed E-state index contributed by atoms with van der Waals surface area (Å²) in [6, 6.07) is 0. The van der Waals surface area contributed by atoms with E-state index in [2.05, 4.69) is 10.5 Å². The van der Waals surface area contributed by atoms with E-state index >= 15 is 0 Å². The molecule has 2 rings (SSSR count). The number of aromatic nitrogens is 1. The zero-order chi connectivity index (χ0) is 6.97. The van der Waals surface area contributed by atoms with Crippen LogP contribution in [-0.2, 0) is 13.0 Å². The fraction of sp³-hybridized carbons (Fsp3) is 0.500. The molecule has 2 heterocycles. The minimum Gasteiger partial charge on any atom is -0.381 e. The van der Waals surface area contributed by atoms with Crippen LogP contribution in [0.5, 0.6) is 0 Å². The van der Waals surface area contributed by atoms with E-state index < -0.39 is 0 Å². The van der Waals surface area contributed by atoms with Crippen molar-refractivity contribution in [2.24, 2.45) is 0 Å². The first-order chi connectivity index (χ1) is 4.88. The van der Waals surface area contributed by atoms with Crippen LogP contribution >= 0.6 is 0 Å². The monoisotopic (exact) mass is 139 g/mol. The molecule has 0 spiro atoms. The largest absolute Gasteiger partial charge is 0.381 e. The lowest BCUT2D eigenvalue weighted by molar-refractivity contribution is 0.374. The Labute approximate surface area is 58.4 Å². The van der Waals surface area contributed by atoms with Gasteiger partial charge in [0.25, 0.3) is 0 Å². The first-order valence-corrected chi connectivity index (χ1v) is 3.31. The number of nitrogens with two attached hydrogens (primary N) is 1. The SMILES string of the molecule is Nc1noc2c1CNCC2. The van der Waals surface area contributed by atoms with Crippen LogP contribution in [0.4, 0.5) is 5.82 Å². The summed E-state index contributed by atoms with van der Waals surface area (Å²) in [5.74, 6) is 1.47. The molecule has 1 aliphatic rings. The van der Waals surface area contributed by atoms with Gasteiger partial charge in [-0.2, -0.15) is 0 Å². The highest BCUT2D eigenvalue weighted by atomic mass is 16.5. The van der Waals surface area contributed by atoms with E-state index in [1.165, 1.54) is 0 Å². The van der Waals surface area contributed by atoms with Gasteiger partial charge in [0.2, 0.25) is 0 Å². The quantitative estimate of drug-likeness (QED) is 0.527. The predicted molar refractivity (Wildman–Crippen MR) is 36.3 cm³/mol. The summed E-state index contributed by atoms with van der Waals surface area (Å²) in [4.78, 5) is 0. The van der Waals surface area contributed by atoms with Gasteiger partial charge in [0, 0.05) is 19.5 Å². The van der Waals surface area contributed by atoms with Gasteiger partial charge in [0.1, 0.15) is 5.76 Å². The smallest absolute Gasteiger partial charge is 0.171 e. The molecule has 0 fully saturated rings. The third kappa shape index (κ3) is 0.690. The first kappa shape index (κ1) is 5.73. The molecular formula is C6H9N3O. The molecule has 0 saturated carbocycles. The molecule has 1 aliphatic heterocycles. The van der Waals surface area contributed by atoms with Crippen LogP contribution in [-0.4, -0.2) is 11.7 Å². The van der Waals surface area contributed by atoms with Crippen molar-refractivity contribution in [2.45, 2.75) is 13.0 Å². The molecule has 4 heteroatoms. The van der Waals surface area contributed by atoms with E-state index in [1.807, 2.05) is 0 Å². The lowest BCUT2D eigenvalue weighted by Gasteiger charge is -2.09. The molecule has 3 N–H and O–H groups in total. The topological polar surface area (TPSA) is 64.1 Å². The van der Waals surface area contributed by atoms with Crippen LogP contribution in [0.1, 0.15) is 11.3 Å². The average Bonchev–Trinajstić information content (AvgIpc) is 2.34. The Hall–Kier alpha value is -1.03. The van der Waals surface area contributed by atoms with Crippen molar-refractivity contribution in [2.75, 3.05) is 12.3 Å². The highest BCUT2D eigenvalue weighted by molar-refractivity contribution is 5.41. The van der Waals surface area contributed by atoms with Gasteiger partial charge in [-0.25, -0.2) is 0 Å². The molecule has 0 saturated heterocycles. The molecule has 10 heavy (non-hydrogen) atoms. The molecule has 0 radical (unpaired) electrons. The molecule has 1 aromatic heterocycles. The molecular weight excluding hydrogens is 130 g/mol. The second-order valence-electron chi connectivity index (χ2n) is 2.40. The number of hydrogen-bond acceptors (Lipinski definition) is 4. The van der Waals surface area contributed by atoms with Crippen molar-refractivity contribution in [3.05, 3.63) is 11.3 Å². The fourth-order valence-corrected chi connectivity index (χ4v) is 1.16. The standard InChI is InChI=1S/C6H9N3O/c7-6-4-3-8-2-1-5(4)10-9-6/h8H,1-3H2,(H2,7,9). The highest BCUT2D eigenvalue weighted by Crippen LogP contribution is 2.18. The molecule has 0 aliphatic carbocycles. The van der Waals surface area contributed by atoms with Gasteiger partial charge >= 0.3 is 0 Å². The molecule has 0 atom stereocenters. The number of hydrogen-bond donors (Lipinski definition) is 2. The number of nitrogen functional groups attached to an aromatic ring is 1. The van der Waals surface area contributed by atoms with Crippen LogP contribution < -0.4 is 11.1 Å². The summed E-state index contributed by atoms with van der Waals surface area (Å²) in [6.45, 7) is 1.76. The van der Waals surface area contributed by atoms with Crippen molar-refractivity contribution < 1.29 is 4.52 Å². The summed E-state index contributed by atoms with van der Waals surface area (Å²) < 4.78 is 4.97. The number of fused-ring (bicyclic) bond motifs is 1. The maximum Gasteiger partial charge on any atom is 0.171 e. The Balaban J connectivity index is 2.45. The highest BCUT2D eigenvalue weighted by Gasteiger charge is 2.16. The Morgan fingerprint density at radius 1 is 1.60 bits per heavy atom. The summed E-state index contributed by atoms with van der Waals surface area (Å²) in [6.07, 6.45) is 0.902. The lowest BCUT2D eigenvalue weighted by atomic mass is 10.1. The minimum atomic E-state index is 0.530. The fourth-order valence-electron chi connectivity index (χ4n) is 1.16. The number of nitrogens with one attached hydrogen (secondary N) is 1. The number of anilines is 1. The summed E-state index contributed by atoms with van der Waals surface area (Å²) in [7, 11) is 0. The summed E-state index contributed by atoms with van der Waals surface area (Å²) in [5, 5.41) is 6.85. The summed E-state index contributed by atoms with van der Waals surface area (Å²) in [5.41, 5.74) is 6.55. The van der Waals surface area contributed by atoms with E-state index in [4.69, 9.17) is 10.3 Å². The van der Waals surface area contributed by atoms with Crippen molar-refractivity contribution in [3.63, 3.8) is 0 Å². The van der Waals surface area contributed by atoms with Crippen LogP contribution in [0.25, 0.3) is 0 Å². The predicted octanol–water partition coefficient (Wildman–Crippen LogP) is -0.0975. The maximum atomic E-state index is 5.52. The van der Waals surface area contributed by atoms with Gasteiger partial charge in [0.15, 0.2) is 5.82 Å². The third-order valence-electron chi connectivity index (χ3n) is 1.73. The molecule has 54 valence electrons. The third-order valence-corrected chi connectivity index (χ3v) is 1.73. The zero-order valence-corrected chi connectivity index (χ0v) is 5.55. The Morgan fingerprint density at radius 2 is 2.50 bits per heavy atom. The van der Waals surface area contributed by atoms with Crippen LogP contribution in [0.15, 0.2) is 4.52 Å². The van der Waals surface area contributed by atoms with Crippen LogP contribution in [0.3, 0.4) is 0 Å². The normalized spacial score (nSPS) is 16.8. The second-order valence-corrected chi connectivity index (χ2v) is 2.40. The second kappa shape index (κ2) is 1.98. The number of nitrogens with zero attached hydrogens (tertiary/aromatic N) is 1. The Morgan fingerprint density at radius 3 is 3.30 bits per heavy atom. The Kier molecular flexibility index (Phi) is 1.14. The van der Waals surface area contributed by atoms with Gasteiger partial charge in [-0.05, 0) is 0 Å². The van der Waals surface area contributed by atoms with E-state index in [-0.39, 0.29) is 0 Å². The number of rotatable bonds is 0. The van der Waals surface area contributed by atoms with Gasteiger partial charge < -0.3 is 15.6 Å². The zero-order valence-electron chi connectivity index (χ0n) is 5.55. The molecule has 0 amide bonds. The lowest BCUT2D eigenvalue weighted by Crippen LogP contribution is -2.22. The van der Waals surface area contributed by atoms with Crippen molar-refractivity contribution in [3.8, 4) is 0 Å². The molecule has 4 nitrogen and oxygen atoms in total. The van der Waals surface area contributed by atoms with E-state index in [0.717, 1.165) is 30.8 Å². The molecule has 0 aromatic carbocycles. The molecule has 1 aromatic rings. The van der Waals surface area contributed by atoms with Crippen LogP contribution in [0.2, 0.25) is 0 Å². The Bertz CT molecular complexity index is 243. The van der Waals surface area contributed by atoms with Gasteiger partial charge in [-0.3, -0.25) is 0 Å². The summed E-state index contributed by atoms with van der Waals surface area (Å²) >= 11 is 0. The minimum absolute atomic E-state index is 0.530. The average molecular weight is 139 g/mol. The van der Waals surface area contributed by atoms with Gasteiger partial charge in [-0.1, -0.05) is 5.16 Å². The van der Waals surface area contributed by atoms with Crippen molar-refractivity contribution in [1.29, 1.82) is 0 Å². The van der Waals surface area contributed by atoms with Gasteiger partial charge in [-0.15, -0.1) is 0 Å². The van der Waals surface area contributed by atoms with Gasteiger partial charge in [0.05, 0.1) is 5.56 Å². The van der Waals surface area contributed by atoms with Crippen LogP contribution in [0, 0.1) is 0 Å². The van der Waals surface area contributed by atoms with E-state index in [1.54, 1.807) is 0 Å². The van der Waals surface area contributed by atoms with Crippen molar-refractivity contribution >= 4 is 5.82 Å². The van der Waals surface area contributed by atoms with Crippen molar-refractivity contribution in [1.82, 2.24) is 10.5 Å². The first-order valence-electron chi connectivity index (χ1n) is 3.31.